The highest BCUT2D eigenvalue weighted by Gasteiger charge is 2.72. The number of hydrogen-bond acceptors (Lipinski definition) is 4. The number of ether oxygens (including phenoxy) is 2. The average molecular weight is 569 g/mol. The Morgan fingerprint density at radius 2 is 1.56 bits per heavy atom. The lowest BCUT2D eigenvalue weighted by molar-refractivity contribution is -0.386. The summed E-state index contributed by atoms with van der Waals surface area (Å²) in [6, 6.07) is 0. The minimum Gasteiger partial charge on any atom is -0.481 e. The zero-order valence-electron chi connectivity index (χ0n) is 26.7. The molecule has 0 aromatic heterocycles. The summed E-state index contributed by atoms with van der Waals surface area (Å²) in [5, 5.41) is 22.5. The molecule has 5 heteroatoms. The molecule has 0 bridgehead atoms. The third-order valence-electron chi connectivity index (χ3n) is 15.4. The molecule has 1 heterocycles. The van der Waals surface area contributed by atoms with E-state index in [1.807, 2.05) is 0 Å². The van der Waals surface area contributed by atoms with Crippen molar-refractivity contribution in [1.29, 1.82) is 0 Å². The van der Waals surface area contributed by atoms with Gasteiger partial charge < -0.3 is 19.7 Å². The zero-order valence-corrected chi connectivity index (χ0v) is 26.7. The van der Waals surface area contributed by atoms with Crippen molar-refractivity contribution in [2.45, 2.75) is 149 Å². The second-order valence-electron chi connectivity index (χ2n) is 17.8. The Balaban J connectivity index is 1.25. The zero-order chi connectivity index (χ0) is 29.3. The van der Waals surface area contributed by atoms with Crippen LogP contribution in [-0.4, -0.2) is 40.8 Å². The van der Waals surface area contributed by atoms with Crippen molar-refractivity contribution in [3.63, 3.8) is 0 Å². The molecule has 7 aliphatic rings. The van der Waals surface area contributed by atoms with Gasteiger partial charge in [0.25, 0.3) is 0 Å². The SMILES string of the molecule is CC1(C)CC[C@]2(C(=O)O)CC[C@]3(C)C(=CC[C@@H]4[C@@]5(C)C[C@@H](O)[C@@H]6OC7(CCCCC7)OC[C@@]6(C)[C@@H]5CC[C@]43C)[C@@H]2C1. The molecular weight excluding hydrogens is 512 g/mol. The standard InChI is InChI=1S/C36H56O5/c1-30(2)16-18-35(29(38)39)19-17-33(5)23(24(35)20-30)10-11-27-31(3)21-25(37)28-32(4,26(31)12-15-34(27,33)6)22-40-36(41-28)13-8-7-9-14-36/h10,24-28,37H,7-9,11-22H2,1-6H3,(H,38,39)/t24-,25+,26+,27+,28-,31-,32-,33+,34+,35-/m0/s1. The Labute approximate surface area is 248 Å². The molecule has 1 aliphatic heterocycles. The molecule has 0 aromatic carbocycles. The quantitative estimate of drug-likeness (QED) is 0.315. The summed E-state index contributed by atoms with van der Waals surface area (Å²) in [4.78, 5) is 12.9. The van der Waals surface area contributed by atoms with Gasteiger partial charge in [-0.25, -0.2) is 0 Å². The molecule has 0 amide bonds. The van der Waals surface area contributed by atoms with Crippen LogP contribution in [0.5, 0.6) is 0 Å². The van der Waals surface area contributed by atoms with E-state index in [2.05, 4.69) is 47.6 Å². The minimum atomic E-state index is -0.598. The predicted octanol–water partition coefficient (Wildman–Crippen LogP) is 7.90. The normalized spacial score (nSPS) is 53.5. The van der Waals surface area contributed by atoms with Crippen molar-refractivity contribution in [2.24, 2.45) is 50.2 Å². The number of fused-ring (bicyclic) bond motifs is 9. The maximum Gasteiger partial charge on any atom is 0.310 e. The fraction of sp³-hybridized carbons (Fsp3) is 0.917. The highest BCUT2D eigenvalue weighted by molar-refractivity contribution is 5.76. The summed E-state index contributed by atoms with van der Waals surface area (Å²) >= 11 is 0. The van der Waals surface area contributed by atoms with Gasteiger partial charge in [0, 0.05) is 18.3 Å². The van der Waals surface area contributed by atoms with E-state index in [0.29, 0.717) is 18.4 Å². The van der Waals surface area contributed by atoms with Crippen molar-refractivity contribution in [3.8, 4) is 0 Å². The topological polar surface area (TPSA) is 76.0 Å². The van der Waals surface area contributed by atoms with Crippen LogP contribution in [0.2, 0.25) is 0 Å². The highest BCUT2D eigenvalue weighted by atomic mass is 16.7. The largest absolute Gasteiger partial charge is 0.481 e. The van der Waals surface area contributed by atoms with Crippen LogP contribution in [0.3, 0.4) is 0 Å². The van der Waals surface area contributed by atoms with E-state index in [1.165, 1.54) is 12.0 Å². The van der Waals surface area contributed by atoms with Crippen molar-refractivity contribution < 1.29 is 24.5 Å². The van der Waals surface area contributed by atoms with E-state index in [9.17, 15) is 15.0 Å². The van der Waals surface area contributed by atoms with Gasteiger partial charge >= 0.3 is 5.97 Å². The Kier molecular flexibility index (Phi) is 6.22. The predicted molar refractivity (Wildman–Crippen MR) is 159 cm³/mol. The van der Waals surface area contributed by atoms with Crippen molar-refractivity contribution in [1.82, 2.24) is 0 Å². The maximum atomic E-state index is 12.9. The van der Waals surface area contributed by atoms with Gasteiger partial charge in [-0.1, -0.05) is 59.6 Å². The first-order valence-corrected chi connectivity index (χ1v) is 17.1. The number of aliphatic hydroxyl groups excluding tert-OH is 1. The first kappa shape index (κ1) is 28.8. The van der Waals surface area contributed by atoms with E-state index in [1.54, 1.807) is 0 Å². The molecule has 230 valence electrons. The van der Waals surface area contributed by atoms with E-state index >= 15 is 0 Å². The molecule has 0 unspecified atom stereocenters. The van der Waals surface area contributed by atoms with Gasteiger partial charge in [0.15, 0.2) is 5.79 Å². The fourth-order valence-electron chi connectivity index (χ4n) is 12.9. The van der Waals surface area contributed by atoms with Crippen LogP contribution in [0, 0.1) is 50.2 Å². The molecule has 41 heavy (non-hydrogen) atoms. The fourth-order valence-corrected chi connectivity index (χ4v) is 12.9. The second kappa shape index (κ2) is 8.84. The first-order valence-electron chi connectivity index (χ1n) is 17.1. The number of carboxylic acid groups (broad SMARTS) is 1. The van der Waals surface area contributed by atoms with E-state index < -0.39 is 23.3 Å². The number of rotatable bonds is 1. The van der Waals surface area contributed by atoms with Gasteiger partial charge in [0.05, 0.1) is 24.2 Å². The molecule has 5 saturated carbocycles. The summed E-state index contributed by atoms with van der Waals surface area (Å²) in [5.74, 6) is -0.0172. The molecule has 1 saturated heterocycles. The van der Waals surface area contributed by atoms with Crippen molar-refractivity contribution in [2.75, 3.05) is 6.61 Å². The minimum absolute atomic E-state index is 0.00460. The molecule has 6 fully saturated rings. The number of allylic oxidation sites excluding steroid dienone is 2. The summed E-state index contributed by atoms with van der Waals surface area (Å²) in [5.41, 5.74) is 0.924. The highest BCUT2D eigenvalue weighted by Crippen LogP contribution is 2.76. The van der Waals surface area contributed by atoms with Gasteiger partial charge in [0.1, 0.15) is 0 Å². The average Bonchev–Trinajstić information content (AvgIpc) is 2.90. The Bertz CT molecular complexity index is 1140. The van der Waals surface area contributed by atoms with Gasteiger partial charge in [0.2, 0.25) is 0 Å². The third-order valence-corrected chi connectivity index (χ3v) is 15.4. The van der Waals surface area contributed by atoms with Gasteiger partial charge in [-0.15, -0.1) is 0 Å². The molecule has 2 N–H and O–H groups in total. The molecule has 0 radical (unpaired) electrons. The summed E-state index contributed by atoms with van der Waals surface area (Å²) in [6.45, 7) is 15.3. The van der Waals surface area contributed by atoms with Crippen LogP contribution in [0.15, 0.2) is 11.6 Å². The third kappa shape index (κ3) is 3.67. The number of carboxylic acids is 1. The maximum absolute atomic E-state index is 12.9. The number of aliphatic carboxylic acids is 1. The van der Waals surface area contributed by atoms with Gasteiger partial charge in [-0.3, -0.25) is 4.79 Å². The molecule has 10 atom stereocenters. The molecule has 6 aliphatic carbocycles. The first-order chi connectivity index (χ1) is 19.2. The Morgan fingerprint density at radius 1 is 0.854 bits per heavy atom. The summed E-state index contributed by atoms with van der Waals surface area (Å²) < 4.78 is 13.6. The van der Waals surface area contributed by atoms with Gasteiger partial charge in [-0.05, 0) is 110 Å². The molecule has 0 aromatic rings. The van der Waals surface area contributed by atoms with Crippen LogP contribution in [0.1, 0.15) is 131 Å². The second-order valence-corrected chi connectivity index (χ2v) is 17.8. The van der Waals surface area contributed by atoms with E-state index in [4.69, 9.17) is 9.47 Å². The van der Waals surface area contributed by atoms with Gasteiger partial charge in [-0.2, -0.15) is 0 Å². The van der Waals surface area contributed by atoms with Crippen LogP contribution < -0.4 is 0 Å². The number of hydrogen-bond donors (Lipinski definition) is 2. The summed E-state index contributed by atoms with van der Waals surface area (Å²) in [6.07, 6.45) is 16.0. The van der Waals surface area contributed by atoms with E-state index in [-0.39, 0.29) is 39.1 Å². The van der Waals surface area contributed by atoms with Crippen molar-refractivity contribution in [3.05, 3.63) is 11.6 Å². The van der Waals surface area contributed by atoms with Crippen LogP contribution in [0.4, 0.5) is 0 Å². The molecule has 7 rings (SSSR count). The Morgan fingerprint density at radius 3 is 2.27 bits per heavy atom. The molecule has 5 nitrogen and oxygen atoms in total. The number of aliphatic hydroxyl groups is 1. The van der Waals surface area contributed by atoms with Crippen LogP contribution >= 0.6 is 0 Å². The molecular formula is C36H56O5. The van der Waals surface area contributed by atoms with E-state index in [0.717, 1.165) is 83.5 Å². The molecule has 1 spiro atoms. The number of carbonyl (C=O) groups is 1. The Hall–Kier alpha value is -0.910. The lowest BCUT2D eigenvalue weighted by atomic mass is 9.33. The monoisotopic (exact) mass is 568 g/mol. The van der Waals surface area contributed by atoms with Crippen LogP contribution in [0.25, 0.3) is 0 Å². The summed E-state index contributed by atoms with van der Waals surface area (Å²) in [7, 11) is 0. The lowest BCUT2D eigenvalue weighted by Gasteiger charge is -2.72. The lowest BCUT2D eigenvalue weighted by Crippen LogP contribution is -2.71. The smallest absolute Gasteiger partial charge is 0.310 e. The van der Waals surface area contributed by atoms with Crippen LogP contribution in [-0.2, 0) is 14.3 Å². The van der Waals surface area contributed by atoms with Crippen molar-refractivity contribution >= 4 is 5.97 Å².